The van der Waals surface area contributed by atoms with Crippen LogP contribution in [0.1, 0.15) is 37.4 Å². The van der Waals surface area contributed by atoms with E-state index in [0.717, 1.165) is 31.6 Å². The third-order valence-electron chi connectivity index (χ3n) is 3.23. The molecule has 1 saturated heterocycles. The molecular weight excluding hydrogens is 216 g/mol. The Morgan fingerprint density at radius 3 is 2.71 bits per heavy atom. The Hall–Kier alpha value is -1.42. The Kier molecular flexibility index (Phi) is 4.09. The highest BCUT2D eigenvalue weighted by Gasteiger charge is 2.25. The van der Waals surface area contributed by atoms with Gasteiger partial charge in [0.25, 0.3) is 0 Å². The summed E-state index contributed by atoms with van der Waals surface area (Å²) in [5, 5.41) is 9.02. The average molecular weight is 234 g/mol. The number of aliphatic carboxylic acids is 1. The first-order chi connectivity index (χ1) is 8.27. The van der Waals surface area contributed by atoms with Gasteiger partial charge in [0.15, 0.2) is 0 Å². The molecule has 1 unspecified atom stereocenters. The van der Waals surface area contributed by atoms with Gasteiger partial charge in [-0.2, -0.15) is 0 Å². The lowest BCUT2D eigenvalue weighted by Gasteiger charge is -2.33. The van der Waals surface area contributed by atoms with Crippen LogP contribution < -0.4 is 0 Å². The summed E-state index contributed by atoms with van der Waals surface area (Å²) >= 11 is 0. The number of carboxylic acid groups (broad SMARTS) is 1. The molecule has 0 bridgehead atoms. The van der Waals surface area contributed by atoms with Gasteiger partial charge < -0.3 is 5.11 Å². The van der Waals surface area contributed by atoms with Crippen molar-refractivity contribution in [3.05, 3.63) is 30.1 Å². The number of rotatable bonds is 4. The molecule has 4 nitrogen and oxygen atoms in total. The molecule has 92 valence electrons. The zero-order chi connectivity index (χ0) is 12.1. The minimum absolute atomic E-state index is 0.0750. The van der Waals surface area contributed by atoms with Gasteiger partial charge in [-0.3, -0.25) is 14.7 Å². The molecule has 0 aliphatic carbocycles. The van der Waals surface area contributed by atoms with Crippen molar-refractivity contribution >= 4 is 5.97 Å². The summed E-state index contributed by atoms with van der Waals surface area (Å²) in [6.45, 7) is 1.96. The van der Waals surface area contributed by atoms with Gasteiger partial charge in [0.2, 0.25) is 0 Å². The van der Waals surface area contributed by atoms with Gasteiger partial charge in [-0.25, -0.2) is 0 Å². The van der Waals surface area contributed by atoms with Crippen molar-refractivity contribution in [2.75, 3.05) is 13.1 Å². The second-order valence-electron chi connectivity index (χ2n) is 4.46. The average Bonchev–Trinajstić information content (AvgIpc) is 2.38. The first-order valence-electron chi connectivity index (χ1n) is 6.14. The molecule has 1 aliphatic heterocycles. The molecule has 0 spiro atoms. The van der Waals surface area contributed by atoms with Crippen LogP contribution in [0.25, 0.3) is 0 Å². The van der Waals surface area contributed by atoms with E-state index in [1.165, 1.54) is 6.42 Å². The van der Waals surface area contributed by atoms with Crippen molar-refractivity contribution in [1.82, 2.24) is 9.88 Å². The second-order valence-corrected chi connectivity index (χ2v) is 4.46. The maximum absolute atomic E-state index is 11.0. The number of piperidine rings is 1. The first kappa shape index (κ1) is 12.0. The van der Waals surface area contributed by atoms with Crippen LogP contribution >= 0.6 is 0 Å². The van der Waals surface area contributed by atoms with E-state index in [0.29, 0.717) is 0 Å². The molecule has 0 aromatic carbocycles. The van der Waals surface area contributed by atoms with E-state index in [1.807, 2.05) is 18.2 Å². The van der Waals surface area contributed by atoms with Crippen LogP contribution in [0.2, 0.25) is 0 Å². The highest BCUT2D eigenvalue weighted by atomic mass is 16.4. The van der Waals surface area contributed by atoms with Crippen molar-refractivity contribution in [3.63, 3.8) is 0 Å². The Balaban J connectivity index is 2.15. The third-order valence-corrected chi connectivity index (χ3v) is 3.23. The molecular formula is C13H18N2O2. The van der Waals surface area contributed by atoms with Crippen molar-refractivity contribution in [1.29, 1.82) is 0 Å². The molecule has 0 radical (unpaired) electrons. The highest BCUT2D eigenvalue weighted by molar-refractivity contribution is 5.67. The maximum Gasteiger partial charge on any atom is 0.305 e. The van der Waals surface area contributed by atoms with E-state index in [-0.39, 0.29) is 12.5 Å². The van der Waals surface area contributed by atoms with Crippen LogP contribution in [0.15, 0.2) is 24.4 Å². The molecule has 0 amide bonds. The fourth-order valence-electron chi connectivity index (χ4n) is 2.39. The summed E-state index contributed by atoms with van der Waals surface area (Å²) in [7, 11) is 0. The summed E-state index contributed by atoms with van der Waals surface area (Å²) in [5.74, 6) is -0.758. The Morgan fingerprint density at radius 2 is 2.12 bits per heavy atom. The largest absolute Gasteiger partial charge is 0.481 e. The van der Waals surface area contributed by atoms with E-state index < -0.39 is 5.97 Å². The van der Waals surface area contributed by atoms with E-state index in [2.05, 4.69) is 9.88 Å². The number of hydrogen-bond donors (Lipinski definition) is 1. The van der Waals surface area contributed by atoms with Gasteiger partial charge in [-0.1, -0.05) is 12.5 Å². The van der Waals surface area contributed by atoms with Gasteiger partial charge >= 0.3 is 5.97 Å². The van der Waals surface area contributed by atoms with Crippen LogP contribution in [-0.4, -0.2) is 34.0 Å². The van der Waals surface area contributed by atoms with E-state index in [1.54, 1.807) is 6.20 Å². The number of pyridine rings is 1. The lowest BCUT2D eigenvalue weighted by atomic mass is 10.0. The van der Waals surface area contributed by atoms with E-state index in [9.17, 15) is 4.79 Å². The topological polar surface area (TPSA) is 53.4 Å². The van der Waals surface area contributed by atoms with Gasteiger partial charge in [-0.05, 0) is 38.1 Å². The molecule has 4 heteroatoms. The maximum atomic E-state index is 11.0. The van der Waals surface area contributed by atoms with Gasteiger partial charge in [0.1, 0.15) is 0 Å². The lowest BCUT2D eigenvalue weighted by Crippen LogP contribution is -2.35. The minimum Gasteiger partial charge on any atom is -0.481 e. The van der Waals surface area contributed by atoms with Crippen LogP contribution in [0.4, 0.5) is 0 Å². The van der Waals surface area contributed by atoms with Crippen LogP contribution in [0, 0.1) is 0 Å². The minimum atomic E-state index is -0.758. The van der Waals surface area contributed by atoms with Crippen LogP contribution in [-0.2, 0) is 4.79 Å². The molecule has 1 fully saturated rings. The Labute approximate surface area is 101 Å². The molecule has 1 aromatic heterocycles. The summed E-state index contributed by atoms with van der Waals surface area (Å²) in [6, 6.07) is 5.62. The quantitative estimate of drug-likeness (QED) is 0.866. The predicted octanol–water partition coefficient (Wildman–Crippen LogP) is 2.08. The summed E-state index contributed by atoms with van der Waals surface area (Å²) < 4.78 is 0. The molecule has 1 N–H and O–H groups in total. The predicted molar refractivity (Wildman–Crippen MR) is 64.7 cm³/mol. The number of nitrogens with zero attached hydrogens (tertiary/aromatic N) is 2. The zero-order valence-electron chi connectivity index (χ0n) is 9.88. The first-order valence-corrected chi connectivity index (χ1v) is 6.14. The number of hydrogen-bond acceptors (Lipinski definition) is 3. The fourth-order valence-corrected chi connectivity index (χ4v) is 2.39. The van der Waals surface area contributed by atoms with Crippen LogP contribution in [0.3, 0.4) is 0 Å². The summed E-state index contributed by atoms with van der Waals surface area (Å²) in [6.07, 6.45) is 5.43. The van der Waals surface area contributed by atoms with Gasteiger partial charge in [0, 0.05) is 6.20 Å². The number of carboxylic acids is 1. The molecule has 2 rings (SSSR count). The van der Waals surface area contributed by atoms with Crippen LogP contribution in [0.5, 0.6) is 0 Å². The van der Waals surface area contributed by atoms with Gasteiger partial charge in [0.05, 0.1) is 18.2 Å². The second kappa shape index (κ2) is 5.77. The molecule has 1 atom stereocenters. The van der Waals surface area contributed by atoms with Crippen molar-refractivity contribution in [2.45, 2.75) is 31.7 Å². The normalized spacial score (nSPS) is 18.8. The van der Waals surface area contributed by atoms with Gasteiger partial charge in [-0.15, -0.1) is 0 Å². The standard InChI is InChI=1S/C13H18N2O2/c16-13(17)10-12(11-6-2-3-7-14-11)15-8-4-1-5-9-15/h2-3,6-7,12H,1,4-5,8-10H2,(H,16,17). The lowest BCUT2D eigenvalue weighted by molar-refractivity contribution is -0.138. The molecule has 1 aliphatic rings. The summed E-state index contributed by atoms with van der Waals surface area (Å²) in [4.78, 5) is 17.5. The zero-order valence-corrected chi connectivity index (χ0v) is 9.88. The van der Waals surface area contributed by atoms with Crippen molar-refractivity contribution in [3.8, 4) is 0 Å². The molecule has 17 heavy (non-hydrogen) atoms. The SMILES string of the molecule is O=C(O)CC(c1ccccn1)N1CCCCC1. The van der Waals surface area contributed by atoms with E-state index >= 15 is 0 Å². The smallest absolute Gasteiger partial charge is 0.305 e. The Morgan fingerprint density at radius 1 is 1.35 bits per heavy atom. The van der Waals surface area contributed by atoms with Crippen molar-refractivity contribution in [2.24, 2.45) is 0 Å². The number of likely N-dealkylation sites (tertiary alicyclic amines) is 1. The highest BCUT2D eigenvalue weighted by Crippen LogP contribution is 2.25. The fraction of sp³-hybridized carbons (Fsp3) is 0.538. The van der Waals surface area contributed by atoms with Crippen molar-refractivity contribution < 1.29 is 9.90 Å². The molecule has 2 heterocycles. The molecule has 1 aromatic rings. The van der Waals surface area contributed by atoms with E-state index in [4.69, 9.17) is 5.11 Å². The Bertz CT molecular complexity index is 361. The third kappa shape index (κ3) is 3.27. The number of aromatic nitrogens is 1. The summed E-state index contributed by atoms with van der Waals surface area (Å²) in [5.41, 5.74) is 0.872. The molecule has 0 saturated carbocycles. The number of carbonyl (C=O) groups is 1. The monoisotopic (exact) mass is 234 g/mol.